The van der Waals surface area contributed by atoms with E-state index in [1.807, 2.05) is 0 Å². The molecule has 0 aromatic rings. The highest BCUT2D eigenvalue weighted by Crippen LogP contribution is 2.11. The monoisotopic (exact) mass is 312 g/mol. The predicted molar refractivity (Wildman–Crippen MR) is 97.1 cm³/mol. The van der Waals surface area contributed by atoms with E-state index in [1.54, 1.807) is 12.2 Å². The summed E-state index contributed by atoms with van der Waals surface area (Å²) in [6, 6.07) is 0. The van der Waals surface area contributed by atoms with E-state index in [2.05, 4.69) is 13.8 Å². The van der Waals surface area contributed by atoms with Crippen LogP contribution in [0.3, 0.4) is 0 Å². The van der Waals surface area contributed by atoms with Gasteiger partial charge in [0.1, 0.15) is 0 Å². The van der Waals surface area contributed by atoms with E-state index in [-0.39, 0.29) is 12.2 Å². The third kappa shape index (κ3) is 16.0. The fourth-order valence-corrected chi connectivity index (χ4v) is 2.72. The van der Waals surface area contributed by atoms with Gasteiger partial charge in [0.25, 0.3) is 0 Å². The van der Waals surface area contributed by atoms with Crippen LogP contribution in [-0.4, -0.2) is 22.4 Å². The molecule has 132 valence electrons. The summed E-state index contributed by atoms with van der Waals surface area (Å²) in [5.74, 6) is 0. The SMILES string of the molecule is CCCCCCCCC[C@H](O)/C=C/[C@@H](O)CCCCCCC. The summed E-state index contributed by atoms with van der Waals surface area (Å²) in [4.78, 5) is 0. The molecule has 0 aliphatic carbocycles. The van der Waals surface area contributed by atoms with Crippen LogP contribution in [0.25, 0.3) is 0 Å². The molecule has 0 heterocycles. The van der Waals surface area contributed by atoms with Crippen LogP contribution in [0.1, 0.15) is 104 Å². The molecule has 0 unspecified atom stereocenters. The van der Waals surface area contributed by atoms with Crippen molar-refractivity contribution in [2.45, 2.75) is 116 Å². The number of rotatable bonds is 16. The molecule has 0 aromatic heterocycles. The van der Waals surface area contributed by atoms with Crippen LogP contribution in [0.15, 0.2) is 12.2 Å². The Kier molecular flexibility index (Phi) is 16.8. The number of unbranched alkanes of at least 4 members (excludes halogenated alkanes) is 10. The highest BCUT2D eigenvalue weighted by atomic mass is 16.3. The minimum Gasteiger partial charge on any atom is -0.389 e. The Morgan fingerprint density at radius 2 is 0.864 bits per heavy atom. The highest BCUT2D eigenvalue weighted by Gasteiger charge is 2.02. The molecule has 2 atom stereocenters. The van der Waals surface area contributed by atoms with E-state index in [0.717, 1.165) is 25.7 Å². The normalized spacial score (nSPS) is 14.5. The van der Waals surface area contributed by atoms with E-state index >= 15 is 0 Å². The average Bonchev–Trinajstić information content (AvgIpc) is 2.52. The van der Waals surface area contributed by atoms with Crippen LogP contribution in [0.5, 0.6) is 0 Å². The molecule has 0 aromatic carbocycles. The van der Waals surface area contributed by atoms with E-state index in [9.17, 15) is 10.2 Å². The molecule has 0 rings (SSSR count). The number of hydrogen-bond donors (Lipinski definition) is 2. The van der Waals surface area contributed by atoms with E-state index in [0.29, 0.717) is 0 Å². The van der Waals surface area contributed by atoms with Gasteiger partial charge < -0.3 is 10.2 Å². The molecule has 2 heteroatoms. The van der Waals surface area contributed by atoms with Crippen LogP contribution in [0.2, 0.25) is 0 Å². The van der Waals surface area contributed by atoms with Crippen molar-refractivity contribution in [3.05, 3.63) is 12.2 Å². The van der Waals surface area contributed by atoms with E-state index in [4.69, 9.17) is 0 Å². The van der Waals surface area contributed by atoms with Gasteiger partial charge in [0, 0.05) is 0 Å². The lowest BCUT2D eigenvalue weighted by atomic mass is 10.0. The van der Waals surface area contributed by atoms with Crippen molar-refractivity contribution < 1.29 is 10.2 Å². The standard InChI is InChI=1S/C20H40O2/c1-3-5-7-9-10-12-14-16-20(22)18-17-19(21)15-13-11-8-6-4-2/h17-22H,3-16H2,1-2H3/b18-17+/t19-,20-/m0/s1. The summed E-state index contributed by atoms with van der Waals surface area (Å²) >= 11 is 0. The van der Waals surface area contributed by atoms with Crippen molar-refractivity contribution in [1.29, 1.82) is 0 Å². The Hall–Kier alpha value is -0.340. The Labute approximate surface area is 139 Å². The van der Waals surface area contributed by atoms with Gasteiger partial charge in [-0.2, -0.15) is 0 Å². The molecule has 0 aliphatic rings. The molecular weight excluding hydrogens is 272 g/mol. The van der Waals surface area contributed by atoms with Crippen LogP contribution >= 0.6 is 0 Å². The van der Waals surface area contributed by atoms with E-state index < -0.39 is 0 Å². The first kappa shape index (κ1) is 21.7. The second kappa shape index (κ2) is 17.0. The molecule has 22 heavy (non-hydrogen) atoms. The fraction of sp³-hybridized carbons (Fsp3) is 0.900. The zero-order valence-corrected chi connectivity index (χ0v) is 15.1. The van der Waals surface area contributed by atoms with Gasteiger partial charge in [-0.25, -0.2) is 0 Å². The van der Waals surface area contributed by atoms with Crippen molar-refractivity contribution in [2.75, 3.05) is 0 Å². The molecule has 0 saturated carbocycles. The largest absolute Gasteiger partial charge is 0.389 e. The first-order chi connectivity index (χ1) is 10.7. The third-order valence-corrected chi connectivity index (χ3v) is 4.26. The van der Waals surface area contributed by atoms with Crippen LogP contribution in [0.4, 0.5) is 0 Å². The predicted octanol–water partition coefficient (Wildman–Crippen LogP) is 5.77. The van der Waals surface area contributed by atoms with Crippen molar-refractivity contribution in [2.24, 2.45) is 0 Å². The smallest absolute Gasteiger partial charge is 0.0721 e. The topological polar surface area (TPSA) is 40.5 Å². The average molecular weight is 313 g/mol. The summed E-state index contributed by atoms with van der Waals surface area (Å²) in [5.41, 5.74) is 0. The molecule has 0 spiro atoms. The van der Waals surface area contributed by atoms with E-state index in [1.165, 1.54) is 64.2 Å². The zero-order valence-electron chi connectivity index (χ0n) is 15.1. The summed E-state index contributed by atoms with van der Waals surface area (Å²) in [6.45, 7) is 4.45. The molecular formula is C20H40O2. The van der Waals surface area contributed by atoms with Gasteiger partial charge in [-0.15, -0.1) is 0 Å². The molecule has 0 amide bonds. The van der Waals surface area contributed by atoms with Crippen molar-refractivity contribution in [1.82, 2.24) is 0 Å². The Morgan fingerprint density at radius 1 is 0.545 bits per heavy atom. The summed E-state index contributed by atoms with van der Waals surface area (Å²) in [6.07, 6.45) is 19.5. The second-order valence-corrected chi connectivity index (χ2v) is 6.63. The summed E-state index contributed by atoms with van der Waals surface area (Å²) < 4.78 is 0. The number of hydrogen-bond acceptors (Lipinski definition) is 2. The lowest BCUT2D eigenvalue weighted by Crippen LogP contribution is -2.06. The minimum atomic E-state index is -0.384. The van der Waals surface area contributed by atoms with Gasteiger partial charge in [0.15, 0.2) is 0 Å². The maximum atomic E-state index is 9.88. The van der Waals surface area contributed by atoms with Crippen LogP contribution in [0, 0.1) is 0 Å². The molecule has 2 nitrogen and oxygen atoms in total. The van der Waals surface area contributed by atoms with Gasteiger partial charge in [0.2, 0.25) is 0 Å². The first-order valence-electron chi connectivity index (χ1n) is 9.75. The maximum absolute atomic E-state index is 9.88. The van der Waals surface area contributed by atoms with Crippen molar-refractivity contribution >= 4 is 0 Å². The van der Waals surface area contributed by atoms with Crippen LogP contribution in [-0.2, 0) is 0 Å². The molecule has 0 aliphatic heterocycles. The minimum absolute atomic E-state index is 0.384. The van der Waals surface area contributed by atoms with Gasteiger partial charge in [-0.1, -0.05) is 103 Å². The second-order valence-electron chi connectivity index (χ2n) is 6.63. The lowest BCUT2D eigenvalue weighted by molar-refractivity contribution is 0.192. The maximum Gasteiger partial charge on any atom is 0.0721 e. The molecule has 0 saturated heterocycles. The highest BCUT2D eigenvalue weighted by molar-refractivity contribution is 4.93. The number of aliphatic hydroxyl groups excluding tert-OH is 2. The lowest BCUT2D eigenvalue weighted by Gasteiger charge is -2.08. The zero-order chi connectivity index (χ0) is 16.5. The molecule has 2 N–H and O–H groups in total. The van der Waals surface area contributed by atoms with Gasteiger partial charge in [-0.3, -0.25) is 0 Å². The van der Waals surface area contributed by atoms with Crippen LogP contribution < -0.4 is 0 Å². The Bertz CT molecular complexity index is 238. The van der Waals surface area contributed by atoms with Gasteiger partial charge in [0.05, 0.1) is 12.2 Å². The van der Waals surface area contributed by atoms with Crippen molar-refractivity contribution in [3.63, 3.8) is 0 Å². The molecule has 0 fully saturated rings. The summed E-state index contributed by atoms with van der Waals surface area (Å²) in [7, 11) is 0. The van der Waals surface area contributed by atoms with Gasteiger partial charge >= 0.3 is 0 Å². The molecule has 0 radical (unpaired) electrons. The Morgan fingerprint density at radius 3 is 1.23 bits per heavy atom. The molecule has 0 bridgehead atoms. The quantitative estimate of drug-likeness (QED) is 0.281. The Balaban J connectivity index is 3.45. The van der Waals surface area contributed by atoms with Gasteiger partial charge in [-0.05, 0) is 12.8 Å². The fourth-order valence-electron chi connectivity index (χ4n) is 2.72. The first-order valence-corrected chi connectivity index (χ1v) is 9.75. The van der Waals surface area contributed by atoms with Crippen molar-refractivity contribution in [3.8, 4) is 0 Å². The third-order valence-electron chi connectivity index (χ3n) is 4.26. The number of aliphatic hydroxyl groups is 2. The summed E-state index contributed by atoms with van der Waals surface area (Å²) in [5, 5.41) is 19.7.